The minimum absolute atomic E-state index is 0.0101. The Morgan fingerprint density at radius 1 is 1.33 bits per heavy atom. The summed E-state index contributed by atoms with van der Waals surface area (Å²) in [5.41, 5.74) is 0.720. The van der Waals surface area contributed by atoms with Crippen molar-refractivity contribution in [3.05, 3.63) is 39.9 Å². The largest absolute Gasteiger partial charge is 0.497 e. The molecule has 0 unspecified atom stereocenters. The molecule has 0 aliphatic carbocycles. The van der Waals surface area contributed by atoms with E-state index in [0.717, 1.165) is 5.56 Å². The van der Waals surface area contributed by atoms with Crippen molar-refractivity contribution in [3.8, 4) is 5.75 Å². The number of esters is 1. The Balaban J connectivity index is 2.86. The topological polar surface area (TPSA) is 78.7 Å². The van der Waals surface area contributed by atoms with Gasteiger partial charge in [0, 0.05) is 4.92 Å². The number of methoxy groups -OCH3 is 2. The molecule has 1 rings (SSSR count). The molecular formula is C12H15NO5. The number of carbonyl (C=O) groups is 1. The highest BCUT2D eigenvalue weighted by Crippen LogP contribution is 2.23. The first kappa shape index (κ1) is 14.0. The van der Waals surface area contributed by atoms with E-state index in [4.69, 9.17) is 4.74 Å². The minimum atomic E-state index is -0.488. The van der Waals surface area contributed by atoms with Gasteiger partial charge in [-0.15, -0.1) is 0 Å². The van der Waals surface area contributed by atoms with Crippen molar-refractivity contribution in [2.45, 2.75) is 12.3 Å². The molecule has 0 aliphatic heterocycles. The second-order valence-corrected chi connectivity index (χ2v) is 3.77. The Kier molecular flexibility index (Phi) is 5.10. The summed E-state index contributed by atoms with van der Waals surface area (Å²) in [6.45, 7) is -0.304. The predicted molar refractivity (Wildman–Crippen MR) is 64.2 cm³/mol. The highest BCUT2D eigenvalue weighted by molar-refractivity contribution is 5.70. The first-order chi connectivity index (χ1) is 8.56. The summed E-state index contributed by atoms with van der Waals surface area (Å²) in [5.74, 6) is -0.285. The summed E-state index contributed by atoms with van der Waals surface area (Å²) in [6, 6.07) is 6.85. The predicted octanol–water partition coefficient (Wildman–Crippen LogP) is 1.62. The normalized spacial score (nSPS) is 11.7. The van der Waals surface area contributed by atoms with Crippen molar-refractivity contribution in [2.75, 3.05) is 20.8 Å². The highest BCUT2D eigenvalue weighted by Gasteiger charge is 2.21. The second-order valence-electron chi connectivity index (χ2n) is 3.77. The number of ether oxygens (including phenoxy) is 2. The van der Waals surface area contributed by atoms with E-state index in [-0.39, 0.29) is 13.0 Å². The molecule has 0 heterocycles. The van der Waals surface area contributed by atoms with Gasteiger partial charge >= 0.3 is 5.97 Å². The van der Waals surface area contributed by atoms with Gasteiger partial charge in [0.05, 0.1) is 26.6 Å². The third-order valence-electron chi connectivity index (χ3n) is 2.60. The number of hydrogen-bond donors (Lipinski definition) is 0. The molecule has 0 saturated carbocycles. The van der Waals surface area contributed by atoms with Crippen molar-refractivity contribution in [1.29, 1.82) is 0 Å². The number of hydrogen-bond acceptors (Lipinski definition) is 5. The van der Waals surface area contributed by atoms with E-state index < -0.39 is 16.8 Å². The van der Waals surface area contributed by atoms with Crippen molar-refractivity contribution in [1.82, 2.24) is 0 Å². The van der Waals surface area contributed by atoms with Gasteiger partial charge in [-0.3, -0.25) is 14.9 Å². The van der Waals surface area contributed by atoms with Crippen LogP contribution in [-0.4, -0.2) is 31.7 Å². The van der Waals surface area contributed by atoms with Gasteiger partial charge in [-0.05, 0) is 17.7 Å². The van der Waals surface area contributed by atoms with Crippen LogP contribution < -0.4 is 4.74 Å². The van der Waals surface area contributed by atoms with E-state index in [1.165, 1.54) is 14.2 Å². The molecule has 0 fully saturated rings. The molecular weight excluding hydrogens is 238 g/mol. The molecule has 1 aromatic carbocycles. The lowest BCUT2D eigenvalue weighted by molar-refractivity contribution is -0.483. The Morgan fingerprint density at radius 3 is 2.39 bits per heavy atom. The molecule has 6 heteroatoms. The van der Waals surface area contributed by atoms with Crippen LogP contribution >= 0.6 is 0 Å². The van der Waals surface area contributed by atoms with E-state index in [1.54, 1.807) is 24.3 Å². The number of carbonyl (C=O) groups excluding carboxylic acids is 1. The minimum Gasteiger partial charge on any atom is -0.497 e. The van der Waals surface area contributed by atoms with Crippen LogP contribution in [0.25, 0.3) is 0 Å². The van der Waals surface area contributed by atoms with E-state index in [0.29, 0.717) is 5.75 Å². The van der Waals surface area contributed by atoms with Crippen molar-refractivity contribution in [2.24, 2.45) is 0 Å². The number of nitrogens with zero attached hydrogens (tertiary/aromatic N) is 1. The molecule has 1 aromatic rings. The van der Waals surface area contributed by atoms with E-state index in [2.05, 4.69) is 4.74 Å². The van der Waals surface area contributed by atoms with Crippen LogP contribution in [0.4, 0.5) is 0 Å². The molecule has 0 bridgehead atoms. The summed E-state index contributed by atoms with van der Waals surface area (Å²) in [5, 5.41) is 10.6. The van der Waals surface area contributed by atoms with Crippen LogP contribution in [-0.2, 0) is 9.53 Å². The fraction of sp³-hybridized carbons (Fsp3) is 0.417. The highest BCUT2D eigenvalue weighted by atomic mass is 16.6. The van der Waals surface area contributed by atoms with Gasteiger partial charge in [-0.1, -0.05) is 12.1 Å². The second kappa shape index (κ2) is 6.58. The maximum Gasteiger partial charge on any atom is 0.306 e. The lowest BCUT2D eigenvalue weighted by Crippen LogP contribution is -2.17. The van der Waals surface area contributed by atoms with Crippen molar-refractivity contribution >= 4 is 5.97 Å². The van der Waals surface area contributed by atoms with Crippen molar-refractivity contribution in [3.63, 3.8) is 0 Å². The van der Waals surface area contributed by atoms with Crippen LogP contribution in [0.1, 0.15) is 17.9 Å². The molecule has 0 amide bonds. The molecule has 0 spiro atoms. The molecule has 0 aromatic heterocycles. The first-order valence-corrected chi connectivity index (χ1v) is 5.39. The first-order valence-electron chi connectivity index (χ1n) is 5.39. The molecule has 18 heavy (non-hydrogen) atoms. The maximum atomic E-state index is 11.2. The summed E-state index contributed by atoms with van der Waals surface area (Å²) in [7, 11) is 2.80. The number of rotatable bonds is 6. The van der Waals surface area contributed by atoms with Crippen LogP contribution in [0, 0.1) is 10.1 Å². The standard InChI is InChI=1S/C12H15NO5/c1-17-11-5-3-9(4-6-11)10(8-13(15)16)7-12(14)18-2/h3-6,10H,7-8H2,1-2H3/t10-/m1/s1. The number of benzene rings is 1. The van der Waals surface area contributed by atoms with Gasteiger partial charge in [0.1, 0.15) is 5.75 Å². The monoisotopic (exact) mass is 253 g/mol. The molecule has 0 aliphatic rings. The Hall–Kier alpha value is -2.11. The third kappa shape index (κ3) is 4.04. The summed E-state index contributed by atoms with van der Waals surface area (Å²) in [6.07, 6.45) is -0.0101. The third-order valence-corrected chi connectivity index (χ3v) is 2.60. The van der Waals surface area contributed by atoms with Crippen LogP contribution in [0.3, 0.4) is 0 Å². The van der Waals surface area contributed by atoms with Gasteiger partial charge in [0.2, 0.25) is 6.54 Å². The van der Waals surface area contributed by atoms with Gasteiger partial charge < -0.3 is 9.47 Å². The molecule has 98 valence electrons. The summed E-state index contributed by atoms with van der Waals surface area (Å²) >= 11 is 0. The molecule has 6 nitrogen and oxygen atoms in total. The van der Waals surface area contributed by atoms with Crippen LogP contribution in [0.2, 0.25) is 0 Å². The quantitative estimate of drug-likeness (QED) is 0.437. The van der Waals surface area contributed by atoms with E-state index >= 15 is 0 Å². The van der Waals surface area contributed by atoms with Gasteiger partial charge in [0.25, 0.3) is 0 Å². The smallest absolute Gasteiger partial charge is 0.306 e. The van der Waals surface area contributed by atoms with Crippen LogP contribution in [0.5, 0.6) is 5.75 Å². The maximum absolute atomic E-state index is 11.2. The summed E-state index contributed by atoms with van der Waals surface area (Å²) < 4.78 is 9.55. The Labute approximate surface area is 105 Å². The average Bonchev–Trinajstić information content (AvgIpc) is 2.37. The zero-order valence-corrected chi connectivity index (χ0v) is 10.3. The van der Waals surface area contributed by atoms with E-state index in [1.807, 2.05) is 0 Å². The summed E-state index contributed by atoms with van der Waals surface area (Å²) in [4.78, 5) is 21.4. The SMILES string of the molecule is COC(=O)C[C@H](C[N+](=O)[O-])c1ccc(OC)cc1. The zero-order chi connectivity index (χ0) is 13.5. The van der Waals surface area contributed by atoms with Gasteiger partial charge in [-0.25, -0.2) is 0 Å². The average molecular weight is 253 g/mol. The fourth-order valence-corrected chi connectivity index (χ4v) is 1.63. The molecule has 0 saturated heterocycles. The molecule has 0 N–H and O–H groups in total. The zero-order valence-electron chi connectivity index (χ0n) is 10.3. The Bertz CT molecular complexity index is 415. The molecule has 1 atom stereocenters. The Morgan fingerprint density at radius 2 is 1.94 bits per heavy atom. The van der Waals surface area contributed by atoms with Crippen LogP contribution in [0.15, 0.2) is 24.3 Å². The van der Waals surface area contributed by atoms with Gasteiger partial charge in [0.15, 0.2) is 0 Å². The van der Waals surface area contributed by atoms with Gasteiger partial charge in [-0.2, -0.15) is 0 Å². The lowest BCUT2D eigenvalue weighted by atomic mass is 9.96. The fourth-order valence-electron chi connectivity index (χ4n) is 1.63. The van der Waals surface area contributed by atoms with Crippen molar-refractivity contribution < 1.29 is 19.2 Å². The lowest BCUT2D eigenvalue weighted by Gasteiger charge is -2.12. The van der Waals surface area contributed by atoms with E-state index in [9.17, 15) is 14.9 Å². The number of nitro groups is 1. The molecule has 0 radical (unpaired) electrons.